The maximum Gasteiger partial charge on any atom is 0.280 e. The lowest BCUT2D eigenvalue weighted by Crippen LogP contribution is -2.38. The summed E-state index contributed by atoms with van der Waals surface area (Å²) < 4.78 is 22.1. The van der Waals surface area contributed by atoms with Crippen molar-refractivity contribution in [2.75, 3.05) is 26.2 Å². The second-order valence-electron chi connectivity index (χ2n) is 11.5. The van der Waals surface area contributed by atoms with Crippen molar-refractivity contribution in [2.45, 2.75) is 70.9 Å². The largest absolute Gasteiger partial charge is 0.476 e. The zero-order valence-corrected chi connectivity index (χ0v) is 24.2. The smallest absolute Gasteiger partial charge is 0.280 e. The minimum absolute atomic E-state index is 0.00863. The Balaban J connectivity index is 1.44. The number of pyridine rings is 1. The first-order valence-electron chi connectivity index (χ1n) is 14.9. The fourth-order valence-electron chi connectivity index (χ4n) is 5.95. The Morgan fingerprint density at radius 1 is 1.17 bits per heavy atom. The lowest BCUT2D eigenvalue weighted by atomic mass is 9.85. The topological polar surface area (TPSA) is 128 Å². The van der Waals surface area contributed by atoms with E-state index in [4.69, 9.17) is 4.74 Å². The molecular formula is C31H38FN7O3. The number of hydrogen-bond donors (Lipinski definition) is 2. The SMILES string of the molecule is CC(C)NC(=O)C1CCC(n2/c(=N/C(=O)c3cc(F)cc(C#N)c3)[nH]c3cnc(OCCN4CCCCC4)cc32)CC1. The van der Waals surface area contributed by atoms with Crippen LogP contribution in [0.15, 0.2) is 35.5 Å². The van der Waals surface area contributed by atoms with Crippen molar-refractivity contribution in [3.8, 4) is 11.9 Å². The number of fused-ring (bicyclic) bond motifs is 1. The van der Waals surface area contributed by atoms with Gasteiger partial charge >= 0.3 is 0 Å². The first-order valence-corrected chi connectivity index (χ1v) is 14.9. The van der Waals surface area contributed by atoms with Gasteiger partial charge in [0.2, 0.25) is 17.4 Å². The van der Waals surface area contributed by atoms with E-state index < -0.39 is 11.7 Å². The van der Waals surface area contributed by atoms with Crippen LogP contribution in [0.2, 0.25) is 0 Å². The predicted octanol–water partition coefficient (Wildman–Crippen LogP) is 4.24. The van der Waals surface area contributed by atoms with Crippen LogP contribution in [0, 0.1) is 23.1 Å². The lowest BCUT2D eigenvalue weighted by Gasteiger charge is -2.29. The molecule has 2 amide bonds. The number of ether oxygens (including phenoxy) is 1. The number of halogens is 1. The average Bonchev–Trinajstić information content (AvgIpc) is 3.34. The third-order valence-electron chi connectivity index (χ3n) is 8.04. The highest BCUT2D eigenvalue weighted by molar-refractivity contribution is 5.95. The monoisotopic (exact) mass is 575 g/mol. The number of amides is 2. The highest BCUT2D eigenvalue weighted by Crippen LogP contribution is 2.34. The maximum atomic E-state index is 14.1. The number of nitrogens with zero attached hydrogens (tertiary/aromatic N) is 5. The molecule has 10 nitrogen and oxygen atoms in total. The molecule has 1 saturated carbocycles. The molecule has 1 aliphatic carbocycles. The summed E-state index contributed by atoms with van der Waals surface area (Å²) in [6.45, 7) is 7.44. The first-order chi connectivity index (χ1) is 20.3. The zero-order valence-electron chi connectivity index (χ0n) is 24.2. The number of carbonyl (C=O) groups is 2. The predicted molar refractivity (Wildman–Crippen MR) is 155 cm³/mol. The Morgan fingerprint density at radius 2 is 1.93 bits per heavy atom. The van der Waals surface area contributed by atoms with Crippen LogP contribution in [0.4, 0.5) is 4.39 Å². The molecule has 1 saturated heterocycles. The minimum atomic E-state index is -0.675. The summed E-state index contributed by atoms with van der Waals surface area (Å²) in [5.74, 6) is -0.851. The van der Waals surface area contributed by atoms with Crippen molar-refractivity contribution >= 4 is 22.8 Å². The molecule has 2 aliphatic rings. The molecule has 1 aromatic carbocycles. The van der Waals surface area contributed by atoms with Gasteiger partial charge in [-0.05, 0) is 83.7 Å². The second-order valence-corrected chi connectivity index (χ2v) is 11.5. The van der Waals surface area contributed by atoms with Gasteiger partial charge in [-0.2, -0.15) is 10.3 Å². The number of aromatic nitrogens is 3. The van der Waals surface area contributed by atoms with E-state index in [0.29, 0.717) is 36.5 Å². The summed E-state index contributed by atoms with van der Waals surface area (Å²) in [7, 11) is 0. The van der Waals surface area contributed by atoms with Crippen molar-refractivity contribution in [3.05, 3.63) is 53.0 Å². The molecule has 3 aromatic rings. The Morgan fingerprint density at radius 3 is 2.64 bits per heavy atom. The van der Waals surface area contributed by atoms with Gasteiger partial charge in [0.1, 0.15) is 12.4 Å². The third-order valence-corrected chi connectivity index (χ3v) is 8.04. The maximum absolute atomic E-state index is 14.1. The summed E-state index contributed by atoms with van der Waals surface area (Å²) in [5, 5.41) is 12.2. The number of piperidine rings is 1. The Kier molecular flexibility index (Phi) is 9.32. The number of rotatable bonds is 8. The van der Waals surface area contributed by atoms with Crippen molar-refractivity contribution in [1.29, 1.82) is 5.26 Å². The van der Waals surface area contributed by atoms with Gasteiger partial charge in [0.25, 0.3) is 5.91 Å². The van der Waals surface area contributed by atoms with E-state index in [-0.39, 0.29) is 35.0 Å². The number of nitrogens with one attached hydrogen (secondary N) is 2. The van der Waals surface area contributed by atoms with Crippen molar-refractivity contribution in [1.82, 2.24) is 24.8 Å². The van der Waals surface area contributed by atoms with E-state index in [1.807, 2.05) is 30.6 Å². The number of nitriles is 1. The van der Waals surface area contributed by atoms with Gasteiger partial charge in [-0.25, -0.2) is 9.37 Å². The number of likely N-dealkylation sites (tertiary alicyclic amines) is 1. The van der Waals surface area contributed by atoms with Crippen LogP contribution < -0.4 is 15.7 Å². The van der Waals surface area contributed by atoms with Gasteiger partial charge in [-0.1, -0.05) is 6.42 Å². The molecule has 2 fully saturated rings. The van der Waals surface area contributed by atoms with Crippen molar-refractivity contribution in [2.24, 2.45) is 10.9 Å². The molecule has 0 atom stereocenters. The lowest BCUT2D eigenvalue weighted by molar-refractivity contribution is -0.126. The Hall–Kier alpha value is -4.04. The minimum Gasteiger partial charge on any atom is -0.476 e. The molecule has 0 unspecified atom stereocenters. The normalized spacial score (nSPS) is 20.0. The van der Waals surface area contributed by atoms with Crippen LogP contribution in [-0.2, 0) is 4.79 Å². The zero-order chi connectivity index (χ0) is 29.6. The molecule has 0 bridgehead atoms. The van der Waals surface area contributed by atoms with Gasteiger partial charge in [-0.15, -0.1) is 0 Å². The highest BCUT2D eigenvalue weighted by Gasteiger charge is 2.29. The third kappa shape index (κ3) is 7.05. The van der Waals surface area contributed by atoms with E-state index in [1.54, 1.807) is 6.20 Å². The summed E-state index contributed by atoms with van der Waals surface area (Å²) in [6, 6.07) is 7.27. The fraction of sp³-hybridized carbons (Fsp3) is 0.516. The van der Waals surface area contributed by atoms with Crippen molar-refractivity contribution in [3.63, 3.8) is 0 Å². The summed E-state index contributed by atoms with van der Waals surface area (Å²) >= 11 is 0. The number of benzene rings is 1. The van der Waals surface area contributed by atoms with Crippen LogP contribution in [0.5, 0.6) is 5.88 Å². The van der Waals surface area contributed by atoms with Gasteiger partial charge in [0.15, 0.2) is 0 Å². The number of H-pyrrole nitrogens is 1. The van der Waals surface area contributed by atoms with Gasteiger partial charge in [-0.3, -0.25) is 14.5 Å². The summed E-state index contributed by atoms with van der Waals surface area (Å²) in [5.41, 5.74) is 1.82. The van der Waals surface area contributed by atoms with E-state index >= 15 is 0 Å². The first kappa shape index (κ1) is 29.5. The quantitative estimate of drug-likeness (QED) is 0.414. The number of carbonyl (C=O) groups excluding carboxylic acids is 2. The second kappa shape index (κ2) is 13.3. The van der Waals surface area contributed by atoms with Crippen LogP contribution in [0.3, 0.4) is 0 Å². The fourth-order valence-corrected chi connectivity index (χ4v) is 5.95. The highest BCUT2D eigenvalue weighted by atomic mass is 19.1. The summed E-state index contributed by atoms with van der Waals surface area (Å²) in [4.78, 5) is 40.3. The Bertz CT molecular complexity index is 1540. The van der Waals surface area contributed by atoms with Crippen LogP contribution in [0.1, 0.15) is 80.8 Å². The van der Waals surface area contributed by atoms with Crippen LogP contribution >= 0.6 is 0 Å². The van der Waals surface area contributed by atoms with E-state index in [1.165, 1.54) is 25.3 Å². The number of imidazole rings is 1. The standard InChI is InChI=1S/C31H38FN7O3/c1-20(2)35-29(40)22-6-8-25(9-7-22)39-27-17-28(42-13-12-38-10-4-3-5-11-38)34-19-26(27)36-31(39)37-30(41)23-14-21(18-33)15-24(32)16-23/h14-17,19-20,22,25H,3-13H2,1-2H3,(H,35,40)(H,36,37,41). The molecular weight excluding hydrogens is 537 g/mol. The van der Waals surface area contributed by atoms with E-state index in [2.05, 4.69) is 25.2 Å². The molecule has 222 valence electrons. The van der Waals surface area contributed by atoms with E-state index in [9.17, 15) is 19.2 Å². The molecule has 0 radical (unpaired) electrons. The Labute approximate surface area is 244 Å². The van der Waals surface area contributed by atoms with E-state index in [0.717, 1.165) is 50.1 Å². The van der Waals surface area contributed by atoms with Gasteiger partial charge in [0.05, 0.1) is 28.9 Å². The molecule has 2 aromatic heterocycles. The average molecular weight is 576 g/mol. The van der Waals surface area contributed by atoms with Crippen LogP contribution in [0.25, 0.3) is 11.0 Å². The van der Waals surface area contributed by atoms with Crippen molar-refractivity contribution < 1.29 is 18.7 Å². The molecule has 1 aliphatic heterocycles. The number of aromatic amines is 1. The molecule has 11 heteroatoms. The van der Waals surface area contributed by atoms with Crippen LogP contribution in [-0.4, -0.2) is 63.5 Å². The molecule has 2 N–H and O–H groups in total. The molecule has 5 rings (SSSR count). The number of hydrogen-bond acceptors (Lipinski definition) is 6. The van der Waals surface area contributed by atoms with Gasteiger partial charge in [0, 0.05) is 36.2 Å². The molecule has 42 heavy (non-hydrogen) atoms. The molecule has 3 heterocycles. The summed E-state index contributed by atoms with van der Waals surface area (Å²) in [6.07, 6.45) is 8.23. The molecule has 0 spiro atoms. The van der Waals surface area contributed by atoms with Gasteiger partial charge < -0.3 is 19.6 Å².